The highest BCUT2D eigenvalue weighted by Crippen LogP contribution is 2.48. The molecule has 25 heavy (non-hydrogen) atoms. The summed E-state index contributed by atoms with van der Waals surface area (Å²) in [5.74, 6) is -0.229. The molecule has 4 nitrogen and oxygen atoms in total. The van der Waals surface area contributed by atoms with Gasteiger partial charge in [-0.3, -0.25) is 0 Å². The topological polar surface area (TPSA) is 36.9 Å². The summed E-state index contributed by atoms with van der Waals surface area (Å²) in [5.41, 5.74) is -0.501. The molecule has 0 aromatic carbocycles. The van der Waals surface area contributed by atoms with Crippen molar-refractivity contribution >= 4 is 0 Å². The number of rotatable bonds is 10. The molecular weight excluding hydrogens is 316 g/mol. The van der Waals surface area contributed by atoms with Crippen LogP contribution >= 0.6 is 0 Å². The van der Waals surface area contributed by atoms with E-state index in [1.165, 1.54) is 0 Å². The van der Waals surface area contributed by atoms with E-state index in [1.807, 2.05) is 0 Å². The Labute approximate surface area is 155 Å². The first-order chi connectivity index (χ1) is 11.5. The highest BCUT2D eigenvalue weighted by atomic mass is 17.3. The molecule has 0 aliphatic heterocycles. The largest absolute Gasteiger partial charge is 0.234 e. The van der Waals surface area contributed by atoms with Crippen molar-refractivity contribution in [2.24, 2.45) is 11.3 Å². The molecule has 0 N–H and O–H groups in total. The highest BCUT2D eigenvalue weighted by Gasteiger charge is 2.49. The SMILES string of the molecule is CCC(C)(CC)OOC1(OOC(C)(CC)CC)CCC(C)C(C)(C)C1. The van der Waals surface area contributed by atoms with Crippen LogP contribution in [0.15, 0.2) is 0 Å². The third-order valence-electron chi connectivity index (χ3n) is 6.80. The summed E-state index contributed by atoms with van der Waals surface area (Å²) in [5, 5.41) is 0. The fraction of sp³-hybridized carbons (Fsp3) is 1.00. The van der Waals surface area contributed by atoms with Crippen LogP contribution < -0.4 is 0 Å². The van der Waals surface area contributed by atoms with E-state index in [1.54, 1.807) is 0 Å². The lowest BCUT2D eigenvalue weighted by Crippen LogP contribution is -2.49. The van der Waals surface area contributed by atoms with Crippen molar-refractivity contribution in [3.63, 3.8) is 0 Å². The van der Waals surface area contributed by atoms with Gasteiger partial charge in [0.1, 0.15) is 11.2 Å². The van der Waals surface area contributed by atoms with E-state index in [2.05, 4.69) is 62.3 Å². The van der Waals surface area contributed by atoms with E-state index in [0.717, 1.165) is 44.9 Å². The first kappa shape index (κ1) is 22.9. The molecule has 1 rings (SSSR count). The molecule has 0 bridgehead atoms. The monoisotopic (exact) mass is 358 g/mol. The summed E-state index contributed by atoms with van der Waals surface area (Å²) in [4.78, 5) is 23.9. The Morgan fingerprint density at radius 3 is 1.56 bits per heavy atom. The first-order valence-electron chi connectivity index (χ1n) is 10.2. The van der Waals surface area contributed by atoms with Crippen molar-refractivity contribution in [3.05, 3.63) is 0 Å². The molecule has 1 aliphatic carbocycles. The fourth-order valence-corrected chi connectivity index (χ4v) is 3.03. The van der Waals surface area contributed by atoms with Crippen LogP contribution in [0.5, 0.6) is 0 Å². The van der Waals surface area contributed by atoms with Crippen molar-refractivity contribution in [3.8, 4) is 0 Å². The van der Waals surface area contributed by atoms with Crippen LogP contribution in [-0.2, 0) is 19.6 Å². The summed E-state index contributed by atoms with van der Waals surface area (Å²) in [7, 11) is 0. The average Bonchev–Trinajstić information content (AvgIpc) is 2.61. The summed E-state index contributed by atoms with van der Waals surface area (Å²) < 4.78 is 0. The van der Waals surface area contributed by atoms with Gasteiger partial charge in [0, 0.05) is 12.8 Å². The standard InChI is InChI=1S/C21H42O4/c1-10-19(8,11-2)22-24-21(25-23-20(9,12-3)13-4)15-14-17(5)18(6,7)16-21/h17H,10-16H2,1-9H3. The van der Waals surface area contributed by atoms with Gasteiger partial charge in [-0.25, -0.2) is 9.78 Å². The minimum Gasteiger partial charge on any atom is -0.227 e. The maximum Gasteiger partial charge on any atom is 0.234 e. The Kier molecular flexibility index (Phi) is 7.95. The molecule has 0 radical (unpaired) electrons. The molecule has 150 valence electrons. The van der Waals surface area contributed by atoms with Gasteiger partial charge in [-0.2, -0.15) is 9.78 Å². The van der Waals surface area contributed by atoms with Crippen LogP contribution in [0.4, 0.5) is 0 Å². The van der Waals surface area contributed by atoms with Crippen molar-refractivity contribution in [1.82, 2.24) is 0 Å². The zero-order valence-corrected chi connectivity index (χ0v) is 18.2. The van der Waals surface area contributed by atoms with Gasteiger partial charge in [0.05, 0.1) is 0 Å². The summed E-state index contributed by atoms with van der Waals surface area (Å²) >= 11 is 0. The molecule has 1 fully saturated rings. The molecule has 0 amide bonds. The van der Waals surface area contributed by atoms with Gasteiger partial charge in [0.2, 0.25) is 5.79 Å². The first-order valence-corrected chi connectivity index (χ1v) is 10.2. The van der Waals surface area contributed by atoms with E-state index in [9.17, 15) is 0 Å². The summed E-state index contributed by atoms with van der Waals surface area (Å²) in [6.45, 7) is 19.5. The predicted molar refractivity (Wildman–Crippen MR) is 102 cm³/mol. The quantitative estimate of drug-likeness (QED) is 0.251. The zero-order chi connectivity index (χ0) is 19.4. The van der Waals surface area contributed by atoms with Gasteiger partial charge in [0.25, 0.3) is 0 Å². The maximum absolute atomic E-state index is 6.04. The van der Waals surface area contributed by atoms with Crippen LogP contribution in [0.1, 0.15) is 107 Å². The van der Waals surface area contributed by atoms with Crippen LogP contribution in [0.3, 0.4) is 0 Å². The molecule has 1 aliphatic rings. The smallest absolute Gasteiger partial charge is 0.227 e. The highest BCUT2D eigenvalue weighted by molar-refractivity contribution is 4.89. The van der Waals surface area contributed by atoms with Crippen LogP contribution in [0, 0.1) is 11.3 Å². The minimum absolute atomic E-state index is 0.106. The van der Waals surface area contributed by atoms with E-state index in [0.29, 0.717) is 5.92 Å². The van der Waals surface area contributed by atoms with Crippen molar-refractivity contribution < 1.29 is 19.6 Å². The molecule has 1 saturated carbocycles. The molecule has 1 unspecified atom stereocenters. The molecule has 1 atom stereocenters. The Bertz CT molecular complexity index is 375. The van der Waals surface area contributed by atoms with Crippen LogP contribution in [0.25, 0.3) is 0 Å². The molecule has 0 spiro atoms. The molecule has 0 aromatic heterocycles. The lowest BCUT2D eigenvalue weighted by Gasteiger charge is -2.47. The molecule has 4 heteroatoms. The second-order valence-electron chi connectivity index (χ2n) is 9.16. The Balaban J connectivity index is 2.94. The van der Waals surface area contributed by atoms with Crippen molar-refractivity contribution in [1.29, 1.82) is 0 Å². The second-order valence-corrected chi connectivity index (χ2v) is 9.16. The normalized spacial score (nSPS) is 23.6. The van der Waals surface area contributed by atoms with Crippen molar-refractivity contribution in [2.45, 2.75) is 124 Å². The lowest BCUT2D eigenvalue weighted by atomic mass is 9.67. The summed E-state index contributed by atoms with van der Waals surface area (Å²) in [6.07, 6.45) is 6.13. The van der Waals surface area contributed by atoms with E-state index in [4.69, 9.17) is 19.6 Å². The van der Waals surface area contributed by atoms with E-state index < -0.39 is 5.79 Å². The number of hydrogen-bond donors (Lipinski definition) is 0. The fourth-order valence-electron chi connectivity index (χ4n) is 3.03. The minimum atomic E-state index is -0.840. The summed E-state index contributed by atoms with van der Waals surface area (Å²) in [6, 6.07) is 0. The Hall–Kier alpha value is -0.160. The predicted octanol–water partition coefficient (Wildman–Crippen LogP) is 6.58. The lowest BCUT2D eigenvalue weighted by molar-refractivity contribution is -0.554. The van der Waals surface area contributed by atoms with Gasteiger partial charge in [-0.15, -0.1) is 0 Å². The van der Waals surface area contributed by atoms with E-state index >= 15 is 0 Å². The maximum atomic E-state index is 6.04. The van der Waals surface area contributed by atoms with Gasteiger partial charge in [0.15, 0.2) is 0 Å². The molecule has 0 aromatic rings. The Morgan fingerprint density at radius 1 is 0.840 bits per heavy atom. The van der Waals surface area contributed by atoms with Crippen LogP contribution in [0.2, 0.25) is 0 Å². The third kappa shape index (κ3) is 5.92. The molecule has 0 heterocycles. The average molecular weight is 359 g/mol. The number of hydrogen-bond acceptors (Lipinski definition) is 4. The Morgan fingerprint density at radius 2 is 1.24 bits per heavy atom. The van der Waals surface area contributed by atoms with Gasteiger partial charge >= 0.3 is 0 Å². The van der Waals surface area contributed by atoms with E-state index in [-0.39, 0.29) is 16.6 Å². The molecular formula is C21H42O4. The van der Waals surface area contributed by atoms with Crippen LogP contribution in [-0.4, -0.2) is 17.0 Å². The third-order valence-corrected chi connectivity index (χ3v) is 6.80. The van der Waals surface area contributed by atoms with Gasteiger partial charge in [-0.1, -0.05) is 48.5 Å². The molecule has 0 saturated heterocycles. The zero-order valence-electron chi connectivity index (χ0n) is 18.2. The van der Waals surface area contributed by atoms with Gasteiger partial charge < -0.3 is 0 Å². The van der Waals surface area contributed by atoms with Gasteiger partial charge in [-0.05, 0) is 57.3 Å². The van der Waals surface area contributed by atoms with Crippen molar-refractivity contribution in [2.75, 3.05) is 0 Å². The second kappa shape index (κ2) is 8.69.